The molecule has 0 radical (unpaired) electrons. The van der Waals surface area contributed by atoms with Crippen molar-refractivity contribution in [1.82, 2.24) is 0 Å². The van der Waals surface area contributed by atoms with Crippen molar-refractivity contribution in [2.24, 2.45) is 0 Å². The van der Waals surface area contributed by atoms with Crippen LogP contribution in [0.25, 0.3) is 0 Å². The molecular weight excluding hydrogens is 423 g/mol. The molecule has 0 aliphatic rings. The summed E-state index contributed by atoms with van der Waals surface area (Å²) in [7, 11) is 0. The molecule has 0 aliphatic heterocycles. The number of benzene rings is 1. The van der Waals surface area contributed by atoms with Crippen LogP contribution in [0, 0.1) is 6.92 Å². The molecule has 0 aliphatic carbocycles. The third-order valence-corrected chi connectivity index (χ3v) is 4.26. The molecule has 2 atom stereocenters. The second-order valence-corrected chi connectivity index (χ2v) is 11.1. The molecule has 0 saturated carbocycles. The van der Waals surface area contributed by atoms with Gasteiger partial charge in [0, 0.05) is 0 Å². The van der Waals surface area contributed by atoms with Crippen molar-refractivity contribution in [2.45, 2.75) is 27.0 Å². The molecule has 1 N–H and O–H groups in total. The van der Waals surface area contributed by atoms with E-state index in [1.165, 1.54) is 5.56 Å². The number of aliphatic hydroxyl groups excluding tert-OH is 1. The number of hydrogen-bond acceptors (Lipinski definition) is 1. The lowest BCUT2D eigenvalue weighted by atomic mass is 10.1. The van der Waals surface area contributed by atoms with Gasteiger partial charge in [-0.25, -0.2) is 0 Å². The van der Waals surface area contributed by atoms with Gasteiger partial charge in [-0.1, -0.05) is 77.6 Å². The van der Waals surface area contributed by atoms with Crippen molar-refractivity contribution in [2.75, 3.05) is 0 Å². The molecule has 90 valence electrons. The van der Waals surface area contributed by atoms with E-state index in [4.69, 9.17) is 11.6 Å². The third kappa shape index (κ3) is 4.65. The van der Waals surface area contributed by atoms with Crippen LogP contribution in [-0.4, -0.2) is 13.4 Å². The third-order valence-electron chi connectivity index (χ3n) is 2.25. The lowest BCUT2D eigenvalue weighted by molar-refractivity contribution is 0.177. The van der Waals surface area contributed by atoms with Gasteiger partial charge in [-0.15, -0.1) is 11.6 Å². The van der Waals surface area contributed by atoms with Gasteiger partial charge in [-0.2, -0.15) is 0 Å². The first kappa shape index (κ1) is 15.0. The maximum atomic E-state index is 9.85. The van der Waals surface area contributed by atoms with Crippen molar-refractivity contribution in [3.05, 3.63) is 35.4 Å². The maximum Gasteiger partial charge on any atom is 0.160 e. The van der Waals surface area contributed by atoms with E-state index in [2.05, 4.69) is 47.8 Å². The summed E-state index contributed by atoms with van der Waals surface area (Å²) < 4.78 is -0.676. The fourth-order valence-corrected chi connectivity index (χ4v) is 2.12. The lowest BCUT2D eigenvalue weighted by Gasteiger charge is -2.22. The maximum absolute atomic E-state index is 9.85. The molecule has 0 unspecified atom stereocenters. The van der Waals surface area contributed by atoms with Crippen LogP contribution in [0.2, 0.25) is 0 Å². The molecule has 5 heteroatoms. The van der Waals surface area contributed by atoms with Gasteiger partial charge in [0.05, 0.1) is 11.5 Å². The highest BCUT2D eigenvalue weighted by Crippen LogP contribution is 2.41. The van der Waals surface area contributed by atoms with E-state index in [1.54, 1.807) is 0 Å². The quantitative estimate of drug-likeness (QED) is 0.673. The zero-order valence-electron chi connectivity index (χ0n) is 8.63. The summed E-state index contributed by atoms with van der Waals surface area (Å²) in [5.74, 6) is 0. The number of alkyl halides is 4. The van der Waals surface area contributed by atoms with Crippen molar-refractivity contribution >= 4 is 59.4 Å². The largest absolute Gasteiger partial charge is 0.390 e. The Balaban J connectivity index is 2.65. The summed E-state index contributed by atoms with van der Waals surface area (Å²) in [4.78, 5) is 0. The predicted molar refractivity (Wildman–Crippen MR) is 79.9 cm³/mol. The minimum absolute atomic E-state index is 0.206. The van der Waals surface area contributed by atoms with E-state index >= 15 is 0 Å². The minimum atomic E-state index is -0.676. The Morgan fingerprint density at radius 3 is 2.19 bits per heavy atom. The van der Waals surface area contributed by atoms with Gasteiger partial charge in [0.2, 0.25) is 0 Å². The number of rotatable bonds is 3. The Labute approximate surface area is 126 Å². The van der Waals surface area contributed by atoms with Crippen LogP contribution < -0.4 is 0 Å². The highest BCUT2D eigenvalue weighted by molar-refractivity contribution is 9.39. The van der Waals surface area contributed by atoms with Crippen molar-refractivity contribution in [1.29, 1.82) is 0 Å². The fraction of sp³-hybridized carbons (Fsp3) is 0.455. The Hall–Kier alpha value is 0.910. The van der Waals surface area contributed by atoms with E-state index in [0.717, 1.165) is 5.56 Å². The zero-order valence-corrected chi connectivity index (χ0v) is 14.1. The van der Waals surface area contributed by atoms with Crippen LogP contribution in [0.5, 0.6) is 0 Å². The summed E-state index contributed by atoms with van der Waals surface area (Å²) >= 11 is 16.1. The summed E-state index contributed by atoms with van der Waals surface area (Å²) in [5.41, 5.74) is 2.21. The van der Waals surface area contributed by atoms with Crippen LogP contribution in [-0.2, 0) is 0 Å². The van der Waals surface area contributed by atoms with Crippen molar-refractivity contribution < 1.29 is 5.11 Å². The van der Waals surface area contributed by atoms with Gasteiger partial charge in [-0.3, -0.25) is 0 Å². The Morgan fingerprint density at radius 2 is 1.75 bits per heavy atom. The number of aliphatic hydroxyl groups is 1. The molecule has 1 aromatic rings. The van der Waals surface area contributed by atoms with Crippen LogP contribution in [0.3, 0.4) is 0 Å². The average Bonchev–Trinajstić information content (AvgIpc) is 2.17. The van der Waals surface area contributed by atoms with E-state index in [1.807, 2.05) is 31.2 Å². The summed E-state index contributed by atoms with van der Waals surface area (Å²) in [5, 5.41) is 9.64. The van der Waals surface area contributed by atoms with Crippen molar-refractivity contribution in [3.63, 3.8) is 0 Å². The zero-order chi connectivity index (χ0) is 12.3. The summed E-state index contributed by atoms with van der Waals surface area (Å²) in [6, 6.07) is 8.00. The topological polar surface area (TPSA) is 20.2 Å². The minimum Gasteiger partial charge on any atom is -0.390 e. The number of aryl methyl sites for hydroxylation is 1. The average molecular weight is 435 g/mol. The highest BCUT2D eigenvalue weighted by atomic mass is 80.0. The van der Waals surface area contributed by atoms with Gasteiger partial charge < -0.3 is 5.11 Å². The summed E-state index contributed by atoms with van der Waals surface area (Å²) in [6.07, 6.45) is -0.178. The standard InChI is InChI=1S/C11H12Br3ClO/c1-7-2-4-8(5-3-7)9(15)6-10(16)11(12,13)14/h2-5,9-10,16H,6H2,1H3/t9-,10-/m1/s1. The molecule has 0 saturated heterocycles. The smallest absolute Gasteiger partial charge is 0.160 e. The lowest BCUT2D eigenvalue weighted by Crippen LogP contribution is -2.24. The van der Waals surface area contributed by atoms with Crippen LogP contribution in [0.4, 0.5) is 0 Å². The molecule has 0 spiro atoms. The molecule has 0 aromatic heterocycles. The molecule has 0 fully saturated rings. The van der Waals surface area contributed by atoms with Crippen molar-refractivity contribution in [3.8, 4) is 0 Å². The van der Waals surface area contributed by atoms with Crippen LogP contribution in [0.15, 0.2) is 24.3 Å². The summed E-state index contributed by atoms with van der Waals surface area (Å²) in [6.45, 7) is 2.03. The number of halogens is 4. The molecule has 16 heavy (non-hydrogen) atoms. The molecule has 0 bridgehead atoms. The molecular formula is C11H12Br3ClO. The fourth-order valence-electron chi connectivity index (χ4n) is 1.24. The second kappa shape index (κ2) is 6.19. The van der Waals surface area contributed by atoms with Gasteiger partial charge in [0.15, 0.2) is 2.14 Å². The SMILES string of the molecule is Cc1ccc([C@H](Cl)C[C@@H](O)C(Br)(Br)Br)cc1. The molecule has 0 amide bonds. The Morgan fingerprint density at radius 1 is 1.25 bits per heavy atom. The van der Waals surface area contributed by atoms with Gasteiger partial charge >= 0.3 is 0 Å². The molecule has 1 nitrogen and oxygen atoms in total. The van der Waals surface area contributed by atoms with Crippen LogP contribution in [0.1, 0.15) is 22.9 Å². The second-order valence-electron chi connectivity index (χ2n) is 3.67. The normalized spacial score (nSPS) is 15.9. The number of hydrogen-bond donors (Lipinski definition) is 1. The predicted octanol–water partition coefficient (Wildman–Crippen LogP) is 4.86. The monoisotopic (exact) mass is 432 g/mol. The first-order valence-electron chi connectivity index (χ1n) is 4.76. The van der Waals surface area contributed by atoms with Gasteiger partial charge in [0.1, 0.15) is 0 Å². The first-order valence-corrected chi connectivity index (χ1v) is 7.57. The molecule has 0 heterocycles. The van der Waals surface area contributed by atoms with E-state index in [9.17, 15) is 5.11 Å². The van der Waals surface area contributed by atoms with E-state index < -0.39 is 8.25 Å². The van der Waals surface area contributed by atoms with E-state index in [0.29, 0.717) is 6.42 Å². The molecule has 1 rings (SSSR count). The van der Waals surface area contributed by atoms with Gasteiger partial charge in [0.25, 0.3) is 0 Å². The van der Waals surface area contributed by atoms with Gasteiger partial charge in [-0.05, 0) is 18.9 Å². The Bertz CT molecular complexity index is 334. The first-order chi connectivity index (χ1) is 7.30. The van der Waals surface area contributed by atoms with Crippen LogP contribution >= 0.6 is 59.4 Å². The highest BCUT2D eigenvalue weighted by Gasteiger charge is 2.30. The molecule has 1 aromatic carbocycles. The van der Waals surface area contributed by atoms with E-state index in [-0.39, 0.29) is 5.38 Å². The Kier molecular flexibility index (Phi) is 5.79.